The van der Waals surface area contributed by atoms with Crippen molar-refractivity contribution in [3.05, 3.63) is 55.1 Å². The number of nitrogens with one attached hydrogen (secondary N) is 1. The van der Waals surface area contributed by atoms with E-state index in [0.717, 1.165) is 0 Å². The zero-order valence-electron chi connectivity index (χ0n) is 22.9. The molecule has 1 unspecified atom stereocenters. The normalized spacial score (nSPS) is 14.1. The molecule has 2 heterocycles. The van der Waals surface area contributed by atoms with Crippen molar-refractivity contribution in [1.82, 2.24) is 24.6 Å². The Morgan fingerprint density at radius 3 is 2.27 bits per heavy atom. The number of nitrogen functional groups attached to an aromatic ring is 1. The van der Waals surface area contributed by atoms with E-state index in [1.807, 2.05) is 13.0 Å². The maximum atomic E-state index is 13.6. The van der Waals surface area contributed by atoms with Crippen LogP contribution in [0.3, 0.4) is 0 Å². The number of carbonyl (C=O) groups excluding carboxylic acids is 1. The summed E-state index contributed by atoms with van der Waals surface area (Å²) in [6.45, 7) is 7.25. The molecular formula is C25H33N6O9P. The number of benzene rings is 1. The Labute approximate surface area is 235 Å². The third-order valence-corrected chi connectivity index (χ3v) is 6.65. The Morgan fingerprint density at radius 2 is 1.68 bits per heavy atom. The number of rotatable bonds is 13. The van der Waals surface area contributed by atoms with Gasteiger partial charge in [-0.2, -0.15) is 0 Å². The second-order valence-electron chi connectivity index (χ2n) is 8.86. The van der Waals surface area contributed by atoms with E-state index in [2.05, 4.69) is 20.0 Å². The van der Waals surface area contributed by atoms with E-state index < -0.39 is 31.5 Å². The second kappa shape index (κ2) is 15.5. The minimum absolute atomic E-state index is 0.272. The number of fused-ring (bicyclic) bond motifs is 1. The highest BCUT2D eigenvalue weighted by molar-refractivity contribution is 7.57. The summed E-state index contributed by atoms with van der Waals surface area (Å²) in [6.07, 6.45) is 3.13. The van der Waals surface area contributed by atoms with E-state index in [0.29, 0.717) is 41.4 Å². The summed E-state index contributed by atoms with van der Waals surface area (Å²) in [6, 6.07) is 7.83. The number of hydrogen-bond donors (Lipinski definition) is 4. The van der Waals surface area contributed by atoms with Crippen molar-refractivity contribution in [3.8, 4) is 5.75 Å². The van der Waals surface area contributed by atoms with Crippen molar-refractivity contribution in [1.29, 1.82) is 0 Å². The number of carbonyl (C=O) groups is 3. The van der Waals surface area contributed by atoms with Crippen molar-refractivity contribution >= 4 is 42.4 Å². The van der Waals surface area contributed by atoms with Gasteiger partial charge in [-0.1, -0.05) is 18.2 Å². The number of nitrogens with zero attached hydrogens (tertiary/aromatic N) is 4. The Hall–Kier alpha value is -4.33. The number of aromatic nitrogens is 4. The molecule has 0 saturated heterocycles. The minimum Gasteiger partial charge on any atom is -0.478 e. The van der Waals surface area contributed by atoms with Crippen molar-refractivity contribution in [2.45, 2.75) is 52.5 Å². The lowest BCUT2D eigenvalue weighted by Gasteiger charge is -2.25. The molecule has 5 N–H and O–H groups in total. The molecule has 1 aromatic carbocycles. The van der Waals surface area contributed by atoms with Gasteiger partial charge in [-0.15, -0.1) is 0 Å². The fraction of sp³-hybridized carbons (Fsp3) is 0.360. The maximum Gasteiger partial charge on any atom is 0.342 e. The van der Waals surface area contributed by atoms with Gasteiger partial charge in [-0.3, -0.25) is 9.36 Å². The molecule has 2 aromatic heterocycles. The first kappa shape index (κ1) is 32.9. The Kier molecular flexibility index (Phi) is 12.4. The molecule has 0 aliphatic rings. The van der Waals surface area contributed by atoms with Crippen LogP contribution in [0.15, 0.2) is 55.1 Å². The van der Waals surface area contributed by atoms with Crippen LogP contribution in [0.4, 0.5) is 5.82 Å². The summed E-state index contributed by atoms with van der Waals surface area (Å²) in [7, 11) is -3.64. The SMILES string of the molecule is CC(C)OC(=O)[C@H](C)NP(=O)(CO[C@H](C)Cn1cnc2c(N)ncnc21)Oc1ccccc1.O=C(O)C=CC(=O)O. The summed E-state index contributed by atoms with van der Waals surface area (Å²) in [5.41, 5.74) is 6.91. The summed E-state index contributed by atoms with van der Waals surface area (Å²) in [5, 5.41) is 18.4. The third-order valence-electron chi connectivity index (χ3n) is 4.87. The first-order valence-electron chi connectivity index (χ1n) is 12.3. The molecule has 0 saturated carbocycles. The smallest absolute Gasteiger partial charge is 0.342 e. The molecule has 15 nitrogen and oxygen atoms in total. The number of carboxylic acid groups (broad SMARTS) is 2. The first-order chi connectivity index (χ1) is 19.3. The number of para-hydroxylation sites is 1. The van der Waals surface area contributed by atoms with Gasteiger partial charge < -0.3 is 34.5 Å². The average Bonchev–Trinajstić information content (AvgIpc) is 3.30. The van der Waals surface area contributed by atoms with E-state index in [9.17, 15) is 18.9 Å². The topological polar surface area (TPSA) is 218 Å². The van der Waals surface area contributed by atoms with E-state index in [-0.39, 0.29) is 18.6 Å². The first-order valence-corrected chi connectivity index (χ1v) is 14.1. The molecule has 3 aromatic rings. The largest absolute Gasteiger partial charge is 0.478 e. The number of ether oxygens (including phenoxy) is 2. The summed E-state index contributed by atoms with van der Waals surface area (Å²) in [4.78, 5) is 43.7. The Morgan fingerprint density at radius 1 is 1.05 bits per heavy atom. The van der Waals surface area contributed by atoms with Crippen molar-refractivity contribution in [2.24, 2.45) is 0 Å². The van der Waals surface area contributed by atoms with Gasteiger partial charge in [0.2, 0.25) is 0 Å². The highest BCUT2D eigenvalue weighted by Crippen LogP contribution is 2.44. The summed E-state index contributed by atoms with van der Waals surface area (Å²) < 4.78 is 32.2. The highest BCUT2D eigenvalue weighted by atomic mass is 31.2. The fourth-order valence-corrected chi connectivity index (χ4v) is 4.94. The number of hydrogen-bond acceptors (Lipinski definition) is 11. The molecule has 3 rings (SSSR count). The van der Waals surface area contributed by atoms with E-state index in [1.54, 1.807) is 55.9 Å². The van der Waals surface area contributed by atoms with Gasteiger partial charge in [0.25, 0.3) is 0 Å². The Bertz CT molecular complexity index is 1380. The van der Waals surface area contributed by atoms with Crippen LogP contribution in [0, 0.1) is 0 Å². The molecule has 0 spiro atoms. The van der Waals surface area contributed by atoms with E-state index in [4.69, 9.17) is 29.9 Å². The number of anilines is 1. The predicted octanol–water partition coefficient (Wildman–Crippen LogP) is 2.68. The van der Waals surface area contributed by atoms with Crippen LogP contribution in [0.2, 0.25) is 0 Å². The van der Waals surface area contributed by atoms with Crippen LogP contribution >= 0.6 is 7.52 Å². The third kappa shape index (κ3) is 11.4. The minimum atomic E-state index is -3.64. The number of imidazole rings is 1. The Balaban J connectivity index is 0.000000642. The number of esters is 1. The van der Waals surface area contributed by atoms with Gasteiger partial charge in [-0.25, -0.2) is 29.6 Å². The lowest BCUT2D eigenvalue weighted by molar-refractivity contribution is -0.149. The zero-order valence-corrected chi connectivity index (χ0v) is 23.8. The summed E-state index contributed by atoms with van der Waals surface area (Å²) in [5.74, 6) is -2.36. The number of aliphatic carboxylic acids is 2. The van der Waals surface area contributed by atoms with Crippen LogP contribution in [-0.4, -0.2) is 72.2 Å². The lowest BCUT2D eigenvalue weighted by atomic mass is 10.3. The van der Waals surface area contributed by atoms with Crippen LogP contribution < -0.4 is 15.3 Å². The maximum absolute atomic E-state index is 13.6. The fourth-order valence-electron chi connectivity index (χ4n) is 3.15. The quantitative estimate of drug-likeness (QED) is 0.127. The van der Waals surface area contributed by atoms with E-state index >= 15 is 0 Å². The van der Waals surface area contributed by atoms with Crippen molar-refractivity contribution < 1.29 is 43.2 Å². The van der Waals surface area contributed by atoms with Gasteiger partial charge >= 0.3 is 25.4 Å². The monoisotopic (exact) mass is 592 g/mol. The molecule has 0 aliphatic carbocycles. The molecule has 0 radical (unpaired) electrons. The standard InChI is InChI=1S/C21H29N6O5P.C4H4O4/c1-14(2)31-21(28)16(4)26-33(29,32-17-8-6-5-7-9-17)13-30-15(3)10-27-12-25-18-19(22)23-11-24-20(18)27;5-3(6)1-2-4(7)8/h5-9,11-12,14-16H,10,13H2,1-4H3,(H,26,29)(H2,22,23,24);1-2H,(H,5,6)(H,7,8)/t15-,16+,33?;/m1./s1. The van der Waals surface area contributed by atoms with Gasteiger partial charge in [-0.05, 0) is 39.8 Å². The number of carboxylic acids is 2. The molecule has 0 amide bonds. The number of nitrogens with two attached hydrogens (primary N) is 1. The molecule has 0 aliphatic heterocycles. The van der Waals surface area contributed by atoms with Gasteiger partial charge in [0.05, 0.1) is 25.1 Å². The molecule has 222 valence electrons. The van der Waals surface area contributed by atoms with Gasteiger partial charge in [0, 0.05) is 12.2 Å². The van der Waals surface area contributed by atoms with Crippen LogP contribution in [0.25, 0.3) is 11.2 Å². The molecule has 0 bridgehead atoms. The van der Waals surface area contributed by atoms with Crippen LogP contribution in [0.1, 0.15) is 27.7 Å². The molecule has 0 fully saturated rings. The lowest BCUT2D eigenvalue weighted by Crippen LogP contribution is -2.37. The van der Waals surface area contributed by atoms with Crippen molar-refractivity contribution in [2.75, 3.05) is 12.1 Å². The zero-order chi connectivity index (χ0) is 30.6. The molecule has 41 heavy (non-hydrogen) atoms. The van der Waals surface area contributed by atoms with Crippen molar-refractivity contribution in [3.63, 3.8) is 0 Å². The molecule has 3 atom stereocenters. The highest BCUT2D eigenvalue weighted by Gasteiger charge is 2.32. The summed E-state index contributed by atoms with van der Waals surface area (Å²) >= 11 is 0. The predicted molar refractivity (Wildman–Crippen MR) is 148 cm³/mol. The average molecular weight is 593 g/mol. The van der Waals surface area contributed by atoms with Crippen LogP contribution in [0.5, 0.6) is 5.75 Å². The van der Waals surface area contributed by atoms with Crippen LogP contribution in [-0.2, 0) is 35.0 Å². The van der Waals surface area contributed by atoms with Gasteiger partial charge in [0.15, 0.2) is 11.5 Å². The molecular weight excluding hydrogens is 559 g/mol. The van der Waals surface area contributed by atoms with E-state index in [1.165, 1.54) is 6.33 Å². The second-order valence-corrected chi connectivity index (χ2v) is 10.9. The molecule has 16 heteroatoms. The van der Waals surface area contributed by atoms with Gasteiger partial charge in [0.1, 0.15) is 30.0 Å².